The number of nitrogens with zero attached hydrogens (tertiary/aromatic N) is 1. The van der Waals surface area contributed by atoms with E-state index in [1.165, 1.54) is 6.07 Å². The lowest BCUT2D eigenvalue weighted by atomic mass is 9.93. The number of nitrogens with one attached hydrogen (secondary N) is 2. The zero-order valence-electron chi connectivity index (χ0n) is 15.8. The molecule has 7 heteroatoms. The third-order valence-corrected chi connectivity index (χ3v) is 5.53. The van der Waals surface area contributed by atoms with Gasteiger partial charge in [0.25, 0.3) is 0 Å². The summed E-state index contributed by atoms with van der Waals surface area (Å²) < 4.78 is 13.6. The molecule has 2 aliphatic heterocycles. The molecule has 2 fully saturated rings. The van der Waals surface area contributed by atoms with Crippen LogP contribution in [0.1, 0.15) is 36.8 Å². The number of rotatable bonds is 4. The molecule has 2 amide bonds. The number of halogens is 2. The van der Waals surface area contributed by atoms with Crippen molar-refractivity contribution in [1.82, 2.24) is 15.5 Å². The Morgan fingerprint density at radius 3 is 2.59 bits per heavy atom. The van der Waals surface area contributed by atoms with Crippen molar-refractivity contribution in [1.29, 1.82) is 0 Å². The van der Waals surface area contributed by atoms with Gasteiger partial charge in [0.05, 0.1) is 5.92 Å². The highest BCUT2D eigenvalue weighted by atomic mass is 35.5. The molecule has 2 saturated heterocycles. The number of aryl methyl sites for hydroxylation is 1. The summed E-state index contributed by atoms with van der Waals surface area (Å²) in [6, 6.07) is 5.02. The van der Waals surface area contributed by atoms with Gasteiger partial charge in [-0.15, -0.1) is 12.4 Å². The van der Waals surface area contributed by atoms with Gasteiger partial charge in [0.15, 0.2) is 0 Å². The van der Waals surface area contributed by atoms with Gasteiger partial charge in [-0.1, -0.05) is 12.1 Å². The molecular weight excluding hydrogens is 369 g/mol. The van der Waals surface area contributed by atoms with Crippen LogP contribution in [-0.4, -0.2) is 42.9 Å². The van der Waals surface area contributed by atoms with Crippen LogP contribution < -0.4 is 10.6 Å². The number of likely N-dealkylation sites (tertiary alicyclic amines) is 1. The zero-order valence-corrected chi connectivity index (χ0v) is 16.6. The number of amides is 2. The first-order chi connectivity index (χ1) is 12.5. The third kappa shape index (κ3) is 5.66. The van der Waals surface area contributed by atoms with Gasteiger partial charge in [-0.05, 0) is 56.3 Å². The summed E-state index contributed by atoms with van der Waals surface area (Å²) in [4.78, 5) is 26.8. The second-order valence-electron chi connectivity index (χ2n) is 7.44. The van der Waals surface area contributed by atoms with E-state index in [0.717, 1.165) is 31.5 Å². The van der Waals surface area contributed by atoms with Crippen LogP contribution in [0.4, 0.5) is 4.39 Å². The maximum atomic E-state index is 13.6. The number of piperidine rings is 2. The lowest BCUT2D eigenvalue weighted by Crippen LogP contribution is -2.47. The fourth-order valence-electron chi connectivity index (χ4n) is 3.76. The Morgan fingerprint density at radius 1 is 1.22 bits per heavy atom. The Morgan fingerprint density at radius 2 is 1.96 bits per heavy atom. The van der Waals surface area contributed by atoms with Gasteiger partial charge >= 0.3 is 0 Å². The number of carbonyl (C=O) groups excluding carboxylic acids is 2. The van der Waals surface area contributed by atoms with E-state index in [1.807, 2.05) is 11.0 Å². The van der Waals surface area contributed by atoms with Crippen molar-refractivity contribution in [2.24, 2.45) is 11.8 Å². The van der Waals surface area contributed by atoms with Crippen LogP contribution in [0.3, 0.4) is 0 Å². The number of benzene rings is 1. The summed E-state index contributed by atoms with van der Waals surface area (Å²) in [5, 5.41) is 6.19. The van der Waals surface area contributed by atoms with Gasteiger partial charge in [-0.3, -0.25) is 9.59 Å². The normalized spacial score (nSPS) is 20.7. The predicted octanol–water partition coefficient (Wildman–Crippen LogP) is 2.41. The van der Waals surface area contributed by atoms with Gasteiger partial charge < -0.3 is 15.5 Å². The average Bonchev–Trinajstić information content (AvgIpc) is 2.69. The molecule has 150 valence electrons. The van der Waals surface area contributed by atoms with Crippen molar-refractivity contribution >= 4 is 24.2 Å². The molecule has 1 aromatic rings. The second-order valence-corrected chi connectivity index (χ2v) is 7.44. The average molecular weight is 398 g/mol. The smallest absolute Gasteiger partial charge is 0.226 e. The Balaban J connectivity index is 0.00000261. The molecule has 2 aliphatic rings. The molecule has 2 heterocycles. The highest BCUT2D eigenvalue weighted by Crippen LogP contribution is 2.21. The minimum atomic E-state index is -0.249. The lowest BCUT2D eigenvalue weighted by Gasteiger charge is -2.34. The van der Waals surface area contributed by atoms with Gasteiger partial charge in [0.1, 0.15) is 5.82 Å². The number of hydrogen-bond donors (Lipinski definition) is 2. The fraction of sp³-hybridized carbons (Fsp3) is 0.600. The summed E-state index contributed by atoms with van der Waals surface area (Å²) in [5.74, 6) is -0.00578. The maximum absolute atomic E-state index is 13.6. The van der Waals surface area contributed by atoms with E-state index in [0.29, 0.717) is 38.0 Å². The molecule has 0 bridgehead atoms. The molecule has 0 aromatic heterocycles. The monoisotopic (exact) mass is 397 g/mol. The van der Waals surface area contributed by atoms with Gasteiger partial charge in [0, 0.05) is 32.1 Å². The first-order valence-electron chi connectivity index (χ1n) is 9.57. The van der Waals surface area contributed by atoms with Crippen molar-refractivity contribution in [3.8, 4) is 0 Å². The first-order valence-corrected chi connectivity index (χ1v) is 9.57. The van der Waals surface area contributed by atoms with Crippen molar-refractivity contribution in [2.75, 3.05) is 26.2 Å². The molecule has 3 rings (SSSR count). The van der Waals surface area contributed by atoms with E-state index in [1.54, 1.807) is 13.0 Å². The quantitative estimate of drug-likeness (QED) is 0.820. The molecular formula is C20H29ClFN3O2. The van der Waals surface area contributed by atoms with E-state index >= 15 is 0 Å². The Kier molecular flexibility index (Phi) is 8.05. The van der Waals surface area contributed by atoms with E-state index < -0.39 is 0 Å². The van der Waals surface area contributed by atoms with E-state index in [-0.39, 0.29) is 41.9 Å². The summed E-state index contributed by atoms with van der Waals surface area (Å²) in [7, 11) is 0. The van der Waals surface area contributed by atoms with Crippen molar-refractivity contribution < 1.29 is 14.0 Å². The second kappa shape index (κ2) is 10.0. The van der Waals surface area contributed by atoms with E-state index in [9.17, 15) is 14.0 Å². The van der Waals surface area contributed by atoms with Crippen LogP contribution in [0.15, 0.2) is 18.2 Å². The highest BCUT2D eigenvalue weighted by Gasteiger charge is 2.31. The number of carbonyl (C=O) groups is 2. The highest BCUT2D eigenvalue weighted by molar-refractivity contribution is 5.85. The van der Waals surface area contributed by atoms with E-state index in [4.69, 9.17) is 0 Å². The minimum absolute atomic E-state index is 0. The maximum Gasteiger partial charge on any atom is 0.226 e. The van der Waals surface area contributed by atoms with Crippen molar-refractivity contribution in [3.05, 3.63) is 35.1 Å². The molecule has 1 atom stereocenters. The molecule has 2 N–H and O–H groups in total. The third-order valence-electron chi connectivity index (χ3n) is 5.53. The van der Waals surface area contributed by atoms with Crippen LogP contribution in [0.5, 0.6) is 0 Å². The Labute approximate surface area is 166 Å². The standard InChI is InChI=1S/C20H28FN3O2.ClH/c1-14-4-5-15(11-18(14)21)12-23-19(25)16-6-9-24(10-7-16)20(26)17-3-2-8-22-13-17;/h4-5,11,16-17,22H,2-3,6-10,12-13H2,1H3,(H,23,25);1H. The van der Waals surface area contributed by atoms with Crippen LogP contribution in [0, 0.1) is 24.6 Å². The largest absolute Gasteiger partial charge is 0.352 e. The molecule has 0 saturated carbocycles. The van der Waals surface area contributed by atoms with Crippen LogP contribution in [0.25, 0.3) is 0 Å². The molecule has 5 nitrogen and oxygen atoms in total. The van der Waals surface area contributed by atoms with Crippen LogP contribution >= 0.6 is 12.4 Å². The summed E-state index contributed by atoms with van der Waals surface area (Å²) in [6.07, 6.45) is 3.40. The lowest BCUT2D eigenvalue weighted by molar-refractivity contribution is -0.139. The molecule has 0 spiro atoms. The Bertz CT molecular complexity index is 657. The summed E-state index contributed by atoms with van der Waals surface area (Å²) in [6.45, 7) is 5.11. The van der Waals surface area contributed by atoms with Crippen molar-refractivity contribution in [2.45, 2.75) is 39.2 Å². The molecule has 27 heavy (non-hydrogen) atoms. The minimum Gasteiger partial charge on any atom is -0.352 e. The molecule has 0 radical (unpaired) electrons. The summed E-state index contributed by atoms with van der Waals surface area (Å²) in [5.41, 5.74) is 1.36. The van der Waals surface area contributed by atoms with E-state index in [2.05, 4.69) is 10.6 Å². The van der Waals surface area contributed by atoms with Gasteiger partial charge in [0.2, 0.25) is 11.8 Å². The first kappa shape index (κ1) is 21.6. The number of hydrogen-bond acceptors (Lipinski definition) is 3. The molecule has 1 aromatic carbocycles. The SMILES string of the molecule is Cc1ccc(CNC(=O)C2CCN(C(=O)C3CCCNC3)CC2)cc1F.Cl. The van der Waals surface area contributed by atoms with Crippen LogP contribution in [0.2, 0.25) is 0 Å². The van der Waals surface area contributed by atoms with Gasteiger partial charge in [-0.25, -0.2) is 4.39 Å². The Hall–Kier alpha value is -1.66. The molecule has 1 unspecified atom stereocenters. The zero-order chi connectivity index (χ0) is 18.5. The van der Waals surface area contributed by atoms with Gasteiger partial charge in [-0.2, -0.15) is 0 Å². The van der Waals surface area contributed by atoms with Crippen molar-refractivity contribution in [3.63, 3.8) is 0 Å². The topological polar surface area (TPSA) is 61.4 Å². The predicted molar refractivity (Wildman–Crippen MR) is 105 cm³/mol. The van der Waals surface area contributed by atoms with Crippen LogP contribution in [-0.2, 0) is 16.1 Å². The summed E-state index contributed by atoms with van der Waals surface area (Å²) >= 11 is 0. The fourth-order valence-corrected chi connectivity index (χ4v) is 3.76. The molecule has 0 aliphatic carbocycles.